The molecule has 0 fully saturated rings. The van der Waals surface area contributed by atoms with Crippen LogP contribution in [0.3, 0.4) is 0 Å². The molecule has 1 aromatic heterocycles. The van der Waals surface area contributed by atoms with E-state index in [0.29, 0.717) is 11.7 Å². The third kappa shape index (κ3) is 5.18. The molecule has 0 spiro atoms. The smallest absolute Gasteiger partial charge is 0.258 e. The van der Waals surface area contributed by atoms with Crippen LogP contribution in [0.1, 0.15) is 26.0 Å². The highest BCUT2D eigenvalue weighted by atomic mass is 16.5. The quantitative estimate of drug-likeness (QED) is 0.756. The van der Waals surface area contributed by atoms with E-state index in [9.17, 15) is 4.79 Å². The second-order valence-electron chi connectivity index (χ2n) is 4.64. The van der Waals surface area contributed by atoms with Crippen molar-refractivity contribution in [3.8, 4) is 5.88 Å². The molecule has 6 nitrogen and oxygen atoms in total. The Labute approximate surface area is 106 Å². The minimum Gasteiger partial charge on any atom is -0.465 e. The van der Waals surface area contributed by atoms with E-state index in [1.165, 1.54) is 0 Å². The number of aromatic nitrogens is 1. The first kappa shape index (κ1) is 14.5. The van der Waals surface area contributed by atoms with Crippen LogP contribution in [-0.2, 0) is 4.79 Å². The SMILES string of the molecule is Cc1cc(OCC(=O)NC(CO)CC(C)C)no1. The maximum atomic E-state index is 11.6. The van der Waals surface area contributed by atoms with Gasteiger partial charge in [0.15, 0.2) is 6.61 Å². The number of carbonyl (C=O) groups excluding carboxylic acids is 1. The molecule has 0 aliphatic heterocycles. The topological polar surface area (TPSA) is 84.6 Å². The van der Waals surface area contributed by atoms with Gasteiger partial charge in [0.25, 0.3) is 11.8 Å². The summed E-state index contributed by atoms with van der Waals surface area (Å²) in [7, 11) is 0. The Bertz CT molecular complexity index is 376. The fourth-order valence-electron chi connectivity index (χ4n) is 1.57. The molecule has 102 valence electrons. The highest BCUT2D eigenvalue weighted by molar-refractivity contribution is 5.77. The van der Waals surface area contributed by atoms with Crippen LogP contribution < -0.4 is 10.1 Å². The molecule has 0 bridgehead atoms. The van der Waals surface area contributed by atoms with E-state index in [1.807, 2.05) is 13.8 Å². The van der Waals surface area contributed by atoms with Gasteiger partial charge in [0, 0.05) is 6.07 Å². The van der Waals surface area contributed by atoms with E-state index in [1.54, 1.807) is 13.0 Å². The lowest BCUT2D eigenvalue weighted by atomic mass is 10.0. The van der Waals surface area contributed by atoms with Crippen LogP contribution in [0.15, 0.2) is 10.6 Å². The summed E-state index contributed by atoms with van der Waals surface area (Å²) in [4.78, 5) is 11.6. The Hall–Kier alpha value is -1.56. The van der Waals surface area contributed by atoms with Crippen LogP contribution in [0.25, 0.3) is 0 Å². The molecule has 0 saturated heterocycles. The number of amides is 1. The molecule has 1 unspecified atom stereocenters. The Morgan fingerprint density at radius 3 is 2.83 bits per heavy atom. The number of rotatable bonds is 7. The van der Waals surface area contributed by atoms with Gasteiger partial charge in [-0.05, 0) is 24.4 Å². The molecule has 0 aromatic carbocycles. The number of nitrogens with one attached hydrogen (secondary N) is 1. The second-order valence-corrected chi connectivity index (χ2v) is 4.64. The largest absolute Gasteiger partial charge is 0.465 e. The molecule has 0 saturated carbocycles. The zero-order valence-electron chi connectivity index (χ0n) is 11.0. The maximum absolute atomic E-state index is 11.6. The Balaban J connectivity index is 2.32. The summed E-state index contributed by atoms with van der Waals surface area (Å²) in [6, 6.07) is 1.37. The van der Waals surface area contributed by atoms with Crippen molar-refractivity contribution in [2.75, 3.05) is 13.2 Å². The predicted octanol–water partition coefficient (Wildman–Crippen LogP) is 0.885. The van der Waals surface area contributed by atoms with Gasteiger partial charge in [-0.3, -0.25) is 4.79 Å². The van der Waals surface area contributed by atoms with Gasteiger partial charge in [0.2, 0.25) is 0 Å². The molecule has 2 N–H and O–H groups in total. The van der Waals surface area contributed by atoms with Gasteiger partial charge >= 0.3 is 0 Å². The molecule has 6 heteroatoms. The van der Waals surface area contributed by atoms with Gasteiger partial charge in [0.05, 0.1) is 12.6 Å². The van der Waals surface area contributed by atoms with E-state index < -0.39 is 0 Å². The Morgan fingerprint density at radius 1 is 1.61 bits per heavy atom. The number of carbonyl (C=O) groups is 1. The second kappa shape index (κ2) is 7.00. The van der Waals surface area contributed by atoms with E-state index >= 15 is 0 Å². The third-order valence-corrected chi connectivity index (χ3v) is 2.30. The molecule has 0 aliphatic carbocycles. The van der Waals surface area contributed by atoms with Crippen LogP contribution in [0.4, 0.5) is 0 Å². The summed E-state index contributed by atoms with van der Waals surface area (Å²) in [5, 5.41) is 15.4. The Kier molecular flexibility index (Phi) is 5.64. The number of hydrogen-bond acceptors (Lipinski definition) is 5. The fraction of sp³-hybridized carbons (Fsp3) is 0.667. The summed E-state index contributed by atoms with van der Waals surface area (Å²) < 4.78 is 9.95. The number of aliphatic hydroxyl groups is 1. The predicted molar refractivity (Wildman–Crippen MR) is 65.2 cm³/mol. The molecular formula is C12H20N2O4. The van der Waals surface area contributed by atoms with Crippen LogP contribution in [0.5, 0.6) is 5.88 Å². The summed E-state index contributed by atoms with van der Waals surface area (Å²) in [5.74, 6) is 1.03. The average molecular weight is 256 g/mol. The minimum absolute atomic E-state index is 0.0764. The number of nitrogens with zero attached hydrogens (tertiary/aromatic N) is 1. The summed E-state index contributed by atoms with van der Waals surface area (Å²) in [6.07, 6.45) is 0.727. The average Bonchev–Trinajstić information content (AvgIpc) is 2.71. The van der Waals surface area contributed by atoms with E-state index in [4.69, 9.17) is 14.4 Å². The van der Waals surface area contributed by atoms with E-state index in [2.05, 4.69) is 10.5 Å². The number of hydrogen-bond donors (Lipinski definition) is 2. The highest BCUT2D eigenvalue weighted by Gasteiger charge is 2.13. The molecule has 1 rings (SSSR count). The fourth-order valence-corrected chi connectivity index (χ4v) is 1.57. The Morgan fingerprint density at radius 2 is 2.33 bits per heavy atom. The van der Waals surface area contributed by atoms with Crippen molar-refractivity contribution in [1.82, 2.24) is 10.5 Å². The van der Waals surface area contributed by atoms with Gasteiger partial charge in [0.1, 0.15) is 5.76 Å². The van der Waals surface area contributed by atoms with Crippen molar-refractivity contribution < 1.29 is 19.2 Å². The zero-order chi connectivity index (χ0) is 13.5. The summed E-state index contributed by atoms with van der Waals surface area (Å²) >= 11 is 0. The minimum atomic E-state index is -0.282. The van der Waals surface area contributed by atoms with Crippen molar-refractivity contribution in [1.29, 1.82) is 0 Å². The van der Waals surface area contributed by atoms with Crippen LogP contribution in [0, 0.1) is 12.8 Å². The lowest BCUT2D eigenvalue weighted by Gasteiger charge is -2.17. The molecule has 1 atom stereocenters. The first-order valence-electron chi connectivity index (χ1n) is 5.97. The molecule has 1 heterocycles. The number of aryl methyl sites for hydroxylation is 1. The van der Waals surface area contributed by atoms with Crippen molar-refractivity contribution in [2.24, 2.45) is 5.92 Å². The van der Waals surface area contributed by atoms with Gasteiger partial charge in [-0.2, -0.15) is 0 Å². The lowest BCUT2D eigenvalue weighted by Crippen LogP contribution is -2.40. The molecule has 18 heavy (non-hydrogen) atoms. The zero-order valence-corrected chi connectivity index (χ0v) is 11.0. The van der Waals surface area contributed by atoms with Crippen molar-refractivity contribution in [3.63, 3.8) is 0 Å². The van der Waals surface area contributed by atoms with Crippen molar-refractivity contribution in [3.05, 3.63) is 11.8 Å². The van der Waals surface area contributed by atoms with Crippen molar-refractivity contribution >= 4 is 5.91 Å². The van der Waals surface area contributed by atoms with Gasteiger partial charge in [-0.15, -0.1) is 0 Å². The summed E-state index contributed by atoms with van der Waals surface area (Å²) in [5.41, 5.74) is 0. The van der Waals surface area contributed by atoms with E-state index in [0.717, 1.165) is 6.42 Å². The van der Waals surface area contributed by atoms with Gasteiger partial charge < -0.3 is 19.7 Å². The molecule has 1 aromatic rings. The maximum Gasteiger partial charge on any atom is 0.258 e. The van der Waals surface area contributed by atoms with Gasteiger partial charge in [-0.1, -0.05) is 13.8 Å². The van der Waals surface area contributed by atoms with E-state index in [-0.39, 0.29) is 31.0 Å². The van der Waals surface area contributed by atoms with Crippen LogP contribution in [0.2, 0.25) is 0 Å². The molecule has 1 amide bonds. The first-order chi connectivity index (χ1) is 8.51. The van der Waals surface area contributed by atoms with Crippen LogP contribution in [-0.4, -0.2) is 35.4 Å². The third-order valence-electron chi connectivity index (χ3n) is 2.30. The van der Waals surface area contributed by atoms with Crippen molar-refractivity contribution in [2.45, 2.75) is 33.2 Å². The molecular weight excluding hydrogens is 236 g/mol. The van der Waals surface area contributed by atoms with Gasteiger partial charge in [-0.25, -0.2) is 0 Å². The number of aliphatic hydroxyl groups excluding tert-OH is 1. The standard InChI is InChI=1S/C12H20N2O4/c1-8(2)4-10(6-15)13-11(16)7-17-12-5-9(3)18-14-12/h5,8,10,15H,4,6-7H2,1-3H3,(H,13,16). The molecule has 0 aliphatic rings. The lowest BCUT2D eigenvalue weighted by molar-refractivity contribution is -0.124. The summed E-state index contributed by atoms with van der Waals surface area (Å²) in [6.45, 7) is 5.59. The first-order valence-corrected chi connectivity index (χ1v) is 5.97. The monoisotopic (exact) mass is 256 g/mol. The van der Waals surface area contributed by atoms with Crippen LogP contribution >= 0.6 is 0 Å². The highest BCUT2D eigenvalue weighted by Crippen LogP contribution is 2.09. The normalized spacial score (nSPS) is 12.5. The molecule has 0 radical (unpaired) electrons. The number of ether oxygens (including phenoxy) is 1.